The maximum atomic E-state index is 5.34. The maximum absolute atomic E-state index is 5.34. The van der Waals surface area contributed by atoms with Gasteiger partial charge in [0.25, 0.3) is 0 Å². The molecule has 140 valence electrons. The monoisotopic (exact) mass is 457 g/mol. The summed E-state index contributed by atoms with van der Waals surface area (Å²) in [5, 5.41) is 7.01. The van der Waals surface area contributed by atoms with Crippen LogP contribution in [-0.4, -0.2) is 38.8 Å². The van der Waals surface area contributed by atoms with E-state index >= 15 is 0 Å². The summed E-state index contributed by atoms with van der Waals surface area (Å²) in [4.78, 5) is 4.81. The third-order valence-electron chi connectivity index (χ3n) is 5.41. The highest BCUT2D eigenvalue weighted by molar-refractivity contribution is 14.0. The molecule has 25 heavy (non-hydrogen) atoms. The molecule has 0 spiro atoms. The number of hydrogen-bond donors (Lipinski definition) is 2. The Bertz CT molecular complexity index is 551. The minimum Gasteiger partial charge on any atom is -0.380 e. The molecule has 0 radical (unpaired) electrons. The van der Waals surface area contributed by atoms with E-state index in [-0.39, 0.29) is 34.8 Å². The van der Waals surface area contributed by atoms with Crippen molar-refractivity contribution in [1.29, 1.82) is 0 Å². The first-order valence-corrected chi connectivity index (χ1v) is 9.31. The van der Waals surface area contributed by atoms with Crippen molar-refractivity contribution in [3.8, 4) is 0 Å². The first-order valence-electron chi connectivity index (χ1n) is 9.31. The molecule has 1 saturated heterocycles. The molecular formula is C20H32IN3O. The van der Waals surface area contributed by atoms with Crippen molar-refractivity contribution in [3.05, 3.63) is 35.9 Å². The molecule has 0 amide bonds. The molecule has 3 rings (SSSR count). The molecule has 5 heteroatoms. The van der Waals surface area contributed by atoms with Crippen molar-refractivity contribution in [2.45, 2.75) is 44.9 Å². The number of nitrogens with one attached hydrogen (secondary N) is 2. The van der Waals surface area contributed by atoms with Crippen LogP contribution in [0.5, 0.6) is 0 Å². The van der Waals surface area contributed by atoms with Crippen LogP contribution in [0.25, 0.3) is 0 Å². The Hall–Kier alpha value is -0.820. The van der Waals surface area contributed by atoms with Gasteiger partial charge in [-0.3, -0.25) is 4.99 Å². The summed E-state index contributed by atoms with van der Waals surface area (Å²) >= 11 is 0. The highest BCUT2D eigenvalue weighted by Gasteiger charge is 2.36. The van der Waals surface area contributed by atoms with Crippen molar-refractivity contribution < 1.29 is 4.74 Å². The molecule has 4 nitrogen and oxygen atoms in total. The molecule has 1 heterocycles. The summed E-state index contributed by atoms with van der Waals surface area (Å²) in [5.41, 5.74) is 1.93. The van der Waals surface area contributed by atoms with Gasteiger partial charge in [0.15, 0.2) is 5.96 Å². The molecule has 2 fully saturated rings. The smallest absolute Gasteiger partial charge is 0.191 e. The molecule has 0 unspecified atom stereocenters. The van der Waals surface area contributed by atoms with Gasteiger partial charge in [0.2, 0.25) is 0 Å². The van der Waals surface area contributed by atoms with Crippen LogP contribution in [0.15, 0.2) is 35.3 Å². The van der Waals surface area contributed by atoms with E-state index in [4.69, 9.17) is 9.73 Å². The average molecular weight is 457 g/mol. The van der Waals surface area contributed by atoms with E-state index in [1.165, 1.54) is 31.2 Å². The van der Waals surface area contributed by atoms with E-state index in [1.54, 1.807) is 0 Å². The lowest BCUT2D eigenvalue weighted by Crippen LogP contribution is -2.47. The Kier molecular flexibility index (Phi) is 7.55. The summed E-state index contributed by atoms with van der Waals surface area (Å²) in [5.74, 6) is 0.938. The van der Waals surface area contributed by atoms with Gasteiger partial charge in [0.05, 0.1) is 19.8 Å². The Morgan fingerprint density at radius 3 is 2.36 bits per heavy atom. The zero-order chi connectivity index (χ0) is 16.9. The minimum atomic E-state index is 0. The Labute approximate surface area is 169 Å². The van der Waals surface area contributed by atoms with Crippen LogP contribution >= 0.6 is 24.0 Å². The molecule has 0 bridgehead atoms. The van der Waals surface area contributed by atoms with Crippen molar-refractivity contribution >= 4 is 29.9 Å². The van der Waals surface area contributed by atoms with Crippen molar-refractivity contribution in [2.24, 2.45) is 10.4 Å². The van der Waals surface area contributed by atoms with Crippen molar-refractivity contribution in [3.63, 3.8) is 0 Å². The zero-order valence-corrected chi connectivity index (χ0v) is 17.8. The van der Waals surface area contributed by atoms with E-state index in [0.29, 0.717) is 0 Å². The maximum Gasteiger partial charge on any atom is 0.191 e. The highest BCUT2D eigenvalue weighted by Crippen LogP contribution is 2.40. The third-order valence-corrected chi connectivity index (χ3v) is 5.41. The summed E-state index contributed by atoms with van der Waals surface area (Å²) in [7, 11) is 0. The fourth-order valence-corrected chi connectivity index (χ4v) is 3.82. The van der Waals surface area contributed by atoms with Gasteiger partial charge < -0.3 is 15.4 Å². The number of benzene rings is 1. The van der Waals surface area contributed by atoms with E-state index in [9.17, 15) is 0 Å². The van der Waals surface area contributed by atoms with Gasteiger partial charge in [-0.1, -0.05) is 50.1 Å². The van der Waals surface area contributed by atoms with Crippen LogP contribution in [0.3, 0.4) is 0 Å². The van der Waals surface area contributed by atoms with Crippen LogP contribution in [0, 0.1) is 5.41 Å². The van der Waals surface area contributed by atoms with Crippen LogP contribution in [0.1, 0.15) is 45.1 Å². The number of nitrogens with zero attached hydrogens (tertiary/aromatic N) is 1. The largest absolute Gasteiger partial charge is 0.380 e. The summed E-state index contributed by atoms with van der Waals surface area (Å²) in [6, 6.07) is 11.0. The van der Waals surface area contributed by atoms with Crippen molar-refractivity contribution in [2.75, 3.05) is 32.8 Å². The van der Waals surface area contributed by atoms with Gasteiger partial charge in [-0.05, 0) is 25.3 Å². The van der Waals surface area contributed by atoms with Gasteiger partial charge in [-0.15, -0.1) is 24.0 Å². The number of halogens is 1. The minimum absolute atomic E-state index is 0. The summed E-state index contributed by atoms with van der Waals surface area (Å²) in [6.07, 6.45) is 5.16. The quantitative estimate of drug-likeness (QED) is 0.389. The fourth-order valence-electron chi connectivity index (χ4n) is 3.82. The second-order valence-corrected chi connectivity index (χ2v) is 7.71. The molecule has 1 aromatic carbocycles. The highest BCUT2D eigenvalue weighted by atomic mass is 127. The Morgan fingerprint density at radius 1 is 1.12 bits per heavy atom. The molecule has 1 aromatic rings. The molecule has 1 saturated carbocycles. The van der Waals surface area contributed by atoms with Crippen LogP contribution in [0.2, 0.25) is 0 Å². The normalized spacial score (nSPS) is 21.1. The van der Waals surface area contributed by atoms with E-state index in [0.717, 1.165) is 38.8 Å². The van der Waals surface area contributed by atoms with Gasteiger partial charge in [0, 0.05) is 23.9 Å². The van der Waals surface area contributed by atoms with Crippen LogP contribution in [0.4, 0.5) is 0 Å². The van der Waals surface area contributed by atoms with Crippen LogP contribution in [-0.2, 0) is 10.2 Å². The summed E-state index contributed by atoms with van der Waals surface area (Å²) < 4.78 is 5.34. The first-order chi connectivity index (χ1) is 11.7. The van der Waals surface area contributed by atoms with E-state index in [2.05, 4.69) is 54.8 Å². The predicted molar refractivity (Wildman–Crippen MR) is 115 cm³/mol. The Balaban J connectivity index is 0.00000225. The van der Waals surface area contributed by atoms with E-state index < -0.39 is 0 Å². The Morgan fingerprint density at radius 2 is 1.80 bits per heavy atom. The van der Waals surface area contributed by atoms with Crippen LogP contribution < -0.4 is 10.6 Å². The molecule has 0 aromatic heterocycles. The topological polar surface area (TPSA) is 45.7 Å². The number of guanidine groups is 1. The number of rotatable bonds is 6. The molecule has 2 aliphatic rings. The summed E-state index contributed by atoms with van der Waals surface area (Å²) in [6.45, 7) is 8.67. The third kappa shape index (κ3) is 5.09. The van der Waals surface area contributed by atoms with E-state index in [1.807, 2.05) is 0 Å². The molecule has 1 aliphatic carbocycles. The lowest BCUT2D eigenvalue weighted by Gasteiger charge is -2.37. The first kappa shape index (κ1) is 20.5. The number of hydrogen-bond acceptors (Lipinski definition) is 2. The standard InChI is InChI=1S/C20H31N3O.HI/c1-3-21-18(22-13-19(2)15-24-16-19)23-14-20(11-7-8-12-20)17-9-5-4-6-10-17;/h4-6,9-10H,3,7-8,11-16H2,1-2H3,(H2,21,22,23);1H. The van der Waals surface area contributed by atoms with Gasteiger partial charge in [0.1, 0.15) is 0 Å². The van der Waals surface area contributed by atoms with Crippen molar-refractivity contribution in [1.82, 2.24) is 10.6 Å². The van der Waals surface area contributed by atoms with Gasteiger partial charge in [-0.25, -0.2) is 0 Å². The lowest BCUT2D eigenvalue weighted by atomic mass is 9.79. The van der Waals surface area contributed by atoms with Gasteiger partial charge in [-0.2, -0.15) is 0 Å². The average Bonchev–Trinajstić information content (AvgIpc) is 3.07. The SMILES string of the molecule is CCNC(=NCC1(C)COC1)NCC1(c2ccccc2)CCCC1.I. The molecular weight excluding hydrogens is 425 g/mol. The van der Waals surface area contributed by atoms with Gasteiger partial charge >= 0.3 is 0 Å². The zero-order valence-electron chi connectivity index (χ0n) is 15.5. The number of ether oxygens (including phenoxy) is 1. The fraction of sp³-hybridized carbons (Fsp3) is 0.650. The number of aliphatic imine (C=N–C) groups is 1. The molecule has 2 N–H and O–H groups in total. The molecule has 1 aliphatic heterocycles. The molecule has 0 atom stereocenters. The second kappa shape index (κ2) is 9.21. The lowest BCUT2D eigenvalue weighted by molar-refractivity contribution is -0.0945. The predicted octanol–water partition coefficient (Wildman–Crippen LogP) is 3.71. The second-order valence-electron chi connectivity index (χ2n) is 7.71.